The van der Waals surface area contributed by atoms with Gasteiger partial charge in [-0.1, -0.05) is 23.7 Å². The van der Waals surface area contributed by atoms with Gasteiger partial charge in [0, 0.05) is 6.07 Å². The summed E-state index contributed by atoms with van der Waals surface area (Å²) in [5.74, 6) is 0.479. The van der Waals surface area contributed by atoms with Crippen molar-refractivity contribution in [2.75, 3.05) is 5.32 Å². The van der Waals surface area contributed by atoms with Gasteiger partial charge in [-0.2, -0.15) is 19.6 Å². The van der Waals surface area contributed by atoms with Gasteiger partial charge in [-0.3, -0.25) is 0 Å². The molecule has 0 atom stereocenters. The molecule has 5 nitrogen and oxygen atoms in total. The topological polar surface area (TPSA) is 55.1 Å². The van der Waals surface area contributed by atoms with Gasteiger partial charge in [0.15, 0.2) is 0 Å². The first-order valence-corrected chi connectivity index (χ1v) is 5.50. The molecule has 3 aromatic rings. The minimum absolute atomic E-state index is 0.259. The Labute approximate surface area is 106 Å². The number of para-hydroxylation sites is 1. The van der Waals surface area contributed by atoms with Crippen LogP contribution < -0.4 is 5.32 Å². The Morgan fingerprint density at radius 3 is 2.94 bits per heavy atom. The average Bonchev–Trinajstić information content (AvgIpc) is 2.80. The minimum Gasteiger partial charge on any atom is -0.338 e. The average molecular weight is 264 g/mol. The Morgan fingerprint density at radius 2 is 2.11 bits per heavy atom. The fourth-order valence-corrected chi connectivity index (χ4v) is 1.75. The van der Waals surface area contributed by atoms with Crippen LogP contribution in [0.15, 0.2) is 36.7 Å². The molecule has 0 saturated carbocycles. The summed E-state index contributed by atoms with van der Waals surface area (Å²) in [6, 6.07) is 7.88. The standard InChI is InChI=1S/C11H7ClFN5/c12-9-5-10(18-11(17-9)14-6-15-18)16-8-4-2-1-3-7(8)13/h1-6,16H. The predicted octanol–water partition coefficient (Wildman–Crippen LogP) is 2.66. The van der Waals surface area contributed by atoms with E-state index < -0.39 is 0 Å². The SMILES string of the molecule is Fc1ccccc1Nc1cc(Cl)nc2ncnn12. The highest BCUT2D eigenvalue weighted by molar-refractivity contribution is 6.29. The fourth-order valence-electron chi connectivity index (χ4n) is 1.57. The third-order valence-electron chi connectivity index (χ3n) is 2.36. The van der Waals surface area contributed by atoms with E-state index in [0.29, 0.717) is 17.3 Å². The van der Waals surface area contributed by atoms with E-state index in [4.69, 9.17) is 11.6 Å². The zero-order valence-electron chi connectivity index (χ0n) is 9.01. The lowest BCUT2D eigenvalue weighted by molar-refractivity contribution is 0.631. The van der Waals surface area contributed by atoms with E-state index >= 15 is 0 Å². The second kappa shape index (κ2) is 4.23. The molecule has 90 valence electrons. The Bertz CT molecular complexity index is 711. The molecule has 0 aliphatic heterocycles. The van der Waals surface area contributed by atoms with Crippen molar-refractivity contribution < 1.29 is 4.39 Å². The van der Waals surface area contributed by atoms with E-state index in [1.165, 1.54) is 16.9 Å². The molecule has 18 heavy (non-hydrogen) atoms. The number of nitrogens with one attached hydrogen (secondary N) is 1. The van der Waals surface area contributed by atoms with Gasteiger partial charge in [0.05, 0.1) is 5.69 Å². The quantitative estimate of drug-likeness (QED) is 0.722. The number of hydrogen-bond acceptors (Lipinski definition) is 4. The number of benzene rings is 1. The molecule has 1 aromatic carbocycles. The third kappa shape index (κ3) is 1.86. The van der Waals surface area contributed by atoms with Crippen LogP contribution in [0, 0.1) is 5.82 Å². The van der Waals surface area contributed by atoms with Crippen molar-refractivity contribution in [2.24, 2.45) is 0 Å². The molecule has 0 amide bonds. The van der Waals surface area contributed by atoms with E-state index in [1.807, 2.05) is 0 Å². The lowest BCUT2D eigenvalue weighted by Crippen LogP contribution is -2.02. The van der Waals surface area contributed by atoms with Crippen molar-refractivity contribution in [1.29, 1.82) is 0 Å². The van der Waals surface area contributed by atoms with Crippen LogP contribution in [0.5, 0.6) is 0 Å². The van der Waals surface area contributed by atoms with Crippen LogP contribution in [0.2, 0.25) is 5.15 Å². The Hall–Kier alpha value is -2.21. The van der Waals surface area contributed by atoms with Gasteiger partial charge < -0.3 is 5.32 Å². The van der Waals surface area contributed by atoms with Gasteiger partial charge in [0.1, 0.15) is 23.1 Å². The van der Waals surface area contributed by atoms with Crippen LogP contribution in [0.4, 0.5) is 15.9 Å². The maximum absolute atomic E-state index is 13.5. The van der Waals surface area contributed by atoms with Gasteiger partial charge in [0.2, 0.25) is 0 Å². The predicted molar refractivity (Wildman–Crippen MR) is 65.5 cm³/mol. The van der Waals surface area contributed by atoms with E-state index in [9.17, 15) is 4.39 Å². The largest absolute Gasteiger partial charge is 0.338 e. The van der Waals surface area contributed by atoms with Crippen molar-refractivity contribution >= 4 is 28.9 Å². The molecule has 7 heteroatoms. The molecule has 1 N–H and O–H groups in total. The van der Waals surface area contributed by atoms with Gasteiger partial charge in [0.25, 0.3) is 5.78 Å². The Balaban J connectivity index is 2.10. The number of rotatable bonds is 2. The molecule has 0 radical (unpaired) electrons. The smallest absolute Gasteiger partial charge is 0.255 e. The van der Waals surface area contributed by atoms with Crippen molar-refractivity contribution in [3.05, 3.63) is 47.6 Å². The van der Waals surface area contributed by atoms with Gasteiger partial charge in [-0.25, -0.2) is 4.39 Å². The number of halogens is 2. The Morgan fingerprint density at radius 1 is 1.28 bits per heavy atom. The van der Waals surface area contributed by atoms with Crippen molar-refractivity contribution in [2.45, 2.75) is 0 Å². The van der Waals surface area contributed by atoms with E-state index in [0.717, 1.165) is 0 Å². The second-order valence-corrected chi connectivity index (χ2v) is 3.93. The summed E-state index contributed by atoms with van der Waals surface area (Å²) in [6.07, 6.45) is 1.35. The summed E-state index contributed by atoms with van der Waals surface area (Å²) in [5, 5.41) is 7.15. The van der Waals surface area contributed by atoms with Crippen molar-refractivity contribution in [1.82, 2.24) is 19.6 Å². The van der Waals surface area contributed by atoms with Crippen LogP contribution in [0.1, 0.15) is 0 Å². The number of hydrogen-bond donors (Lipinski definition) is 1. The van der Waals surface area contributed by atoms with Gasteiger partial charge >= 0.3 is 0 Å². The van der Waals surface area contributed by atoms with Crippen molar-refractivity contribution in [3.63, 3.8) is 0 Å². The first-order valence-electron chi connectivity index (χ1n) is 5.12. The van der Waals surface area contributed by atoms with Gasteiger partial charge in [-0.05, 0) is 12.1 Å². The summed E-state index contributed by atoms with van der Waals surface area (Å²) in [4.78, 5) is 7.91. The lowest BCUT2D eigenvalue weighted by Gasteiger charge is -2.08. The van der Waals surface area contributed by atoms with Crippen LogP contribution in [-0.2, 0) is 0 Å². The molecule has 2 aromatic heterocycles. The van der Waals surface area contributed by atoms with Crippen LogP contribution in [0.25, 0.3) is 5.78 Å². The maximum Gasteiger partial charge on any atom is 0.255 e. The summed E-state index contributed by atoms with van der Waals surface area (Å²) in [7, 11) is 0. The third-order valence-corrected chi connectivity index (χ3v) is 2.55. The normalized spacial score (nSPS) is 10.8. The summed E-state index contributed by atoms with van der Waals surface area (Å²) < 4.78 is 15.0. The van der Waals surface area contributed by atoms with E-state index in [2.05, 4.69) is 20.4 Å². The van der Waals surface area contributed by atoms with E-state index in [1.54, 1.807) is 24.3 Å². The molecule has 0 unspecified atom stereocenters. The molecule has 0 fully saturated rings. The first kappa shape index (κ1) is 10.9. The van der Waals surface area contributed by atoms with Crippen LogP contribution in [-0.4, -0.2) is 19.6 Å². The molecular formula is C11H7ClFN5. The highest BCUT2D eigenvalue weighted by Gasteiger charge is 2.08. The van der Waals surface area contributed by atoms with Crippen molar-refractivity contribution in [3.8, 4) is 0 Å². The summed E-state index contributed by atoms with van der Waals surface area (Å²) in [6.45, 7) is 0. The number of aromatic nitrogens is 4. The Kier molecular flexibility index (Phi) is 2.56. The van der Waals surface area contributed by atoms with Crippen LogP contribution >= 0.6 is 11.6 Å². The highest BCUT2D eigenvalue weighted by atomic mass is 35.5. The summed E-state index contributed by atoms with van der Waals surface area (Å²) in [5.41, 5.74) is 0.330. The zero-order valence-corrected chi connectivity index (χ0v) is 9.76. The molecule has 0 aliphatic carbocycles. The number of fused-ring (bicyclic) bond motifs is 1. The molecule has 2 heterocycles. The molecule has 0 spiro atoms. The monoisotopic (exact) mass is 263 g/mol. The zero-order chi connectivity index (χ0) is 12.5. The number of anilines is 2. The number of nitrogens with zero attached hydrogens (tertiary/aromatic N) is 4. The maximum atomic E-state index is 13.5. The minimum atomic E-state index is -0.362. The molecule has 0 bridgehead atoms. The fraction of sp³-hybridized carbons (Fsp3) is 0. The van der Waals surface area contributed by atoms with Crippen LogP contribution in [0.3, 0.4) is 0 Å². The first-order chi connectivity index (χ1) is 8.74. The van der Waals surface area contributed by atoms with E-state index in [-0.39, 0.29) is 11.0 Å². The van der Waals surface area contributed by atoms with Gasteiger partial charge in [-0.15, -0.1) is 0 Å². The summed E-state index contributed by atoms with van der Waals surface area (Å²) >= 11 is 5.86. The molecule has 0 saturated heterocycles. The molecule has 3 rings (SSSR count). The molecule has 0 aliphatic rings. The molecular weight excluding hydrogens is 257 g/mol. The second-order valence-electron chi connectivity index (χ2n) is 3.54. The highest BCUT2D eigenvalue weighted by Crippen LogP contribution is 2.21. The lowest BCUT2D eigenvalue weighted by atomic mass is 10.3.